The van der Waals surface area contributed by atoms with Gasteiger partial charge in [-0.1, -0.05) is 26.0 Å². The van der Waals surface area contributed by atoms with E-state index in [-0.39, 0.29) is 12.1 Å². The molecule has 7 heteroatoms. The molecule has 6 nitrogen and oxygen atoms in total. The second kappa shape index (κ2) is 8.23. The number of carbonyl (C=O) groups is 1. The molecule has 136 valence electrons. The van der Waals surface area contributed by atoms with Crippen LogP contribution < -0.4 is 5.32 Å². The Labute approximate surface area is 157 Å². The second-order valence-electron chi connectivity index (χ2n) is 6.86. The standard InChI is InChI=1S/C19H23N5OS/c1-13(2)9-17(15-5-4-8-20-11-15)21-19(25)24(3)12-14-6-7-16-18(10-14)23-26-22-16/h4-8,10-11,13,17H,9,12H2,1-3H3,(H,21,25)/t17-/m0/s1. The first-order chi connectivity index (χ1) is 12.5. The second-order valence-corrected chi connectivity index (χ2v) is 7.39. The fourth-order valence-corrected chi connectivity index (χ4v) is 3.38. The van der Waals surface area contributed by atoms with Gasteiger partial charge in [-0.25, -0.2) is 4.79 Å². The number of fused-ring (bicyclic) bond motifs is 1. The fourth-order valence-electron chi connectivity index (χ4n) is 2.86. The molecule has 2 aromatic heterocycles. The number of rotatable bonds is 6. The molecule has 0 bridgehead atoms. The quantitative estimate of drug-likeness (QED) is 0.712. The number of benzene rings is 1. The summed E-state index contributed by atoms with van der Waals surface area (Å²) in [5.74, 6) is 0.463. The Morgan fingerprint density at radius 1 is 1.23 bits per heavy atom. The predicted molar refractivity (Wildman–Crippen MR) is 104 cm³/mol. The number of urea groups is 1. The Balaban J connectivity index is 1.67. The third-order valence-corrected chi connectivity index (χ3v) is 4.73. The zero-order chi connectivity index (χ0) is 18.5. The van der Waals surface area contributed by atoms with Gasteiger partial charge in [-0.2, -0.15) is 8.75 Å². The van der Waals surface area contributed by atoms with Crippen molar-refractivity contribution in [3.63, 3.8) is 0 Å². The first-order valence-corrected chi connectivity index (χ1v) is 9.38. The molecule has 2 amide bonds. The number of nitrogens with zero attached hydrogens (tertiary/aromatic N) is 4. The molecule has 3 aromatic rings. The molecule has 0 aliphatic heterocycles. The number of amides is 2. The summed E-state index contributed by atoms with van der Waals surface area (Å²) in [6.45, 7) is 4.81. The number of carbonyl (C=O) groups excluding carboxylic acids is 1. The van der Waals surface area contributed by atoms with Crippen molar-refractivity contribution in [2.75, 3.05) is 7.05 Å². The van der Waals surface area contributed by atoms with Gasteiger partial charge >= 0.3 is 6.03 Å². The highest BCUT2D eigenvalue weighted by Gasteiger charge is 2.19. The highest BCUT2D eigenvalue weighted by atomic mass is 32.1. The third-order valence-electron chi connectivity index (χ3n) is 4.18. The van der Waals surface area contributed by atoms with Crippen LogP contribution in [0.2, 0.25) is 0 Å². The Kier molecular flexibility index (Phi) is 5.78. The van der Waals surface area contributed by atoms with Crippen molar-refractivity contribution in [1.29, 1.82) is 0 Å². The van der Waals surface area contributed by atoms with E-state index in [2.05, 4.69) is 32.9 Å². The van der Waals surface area contributed by atoms with Gasteiger partial charge in [-0.3, -0.25) is 4.98 Å². The maximum atomic E-state index is 12.7. The summed E-state index contributed by atoms with van der Waals surface area (Å²) < 4.78 is 8.46. The molecule has 1 N–H and O–H groups in total. The van der Waals surface area contributed by atoms with Gasteiger partial charge in [0.25, 0.3) is 0 Å². The average molecular weight is 369 g/mol. The average Bonchev–Trinajstić information content (AvgIpc) is 3.09. The van der Waals surface area contributed by atoms with Crippen LogP contribution in [0.15, 0.2) is 42.7 Å². The predicted octanol–water partition coefficient (Wildman–Crippen LogP) is 4.02. The van der Waals surface area contributed by atoms with Crippen LogP contribution in [0, 0.1) is 5.92 Å². The van der Waals surface area contributed by atoms with Gasteiger partial charge in [-0.15, -0.1) is 0 Å². The number of aromatic nitrogens is 3. The lowest BCUT2D eigenvalue weighted by molar-refractivity contribution is 0.200. The van der Waals surface area contributed by atoms with Gasteiger partial charge in [0.1, 0.15) is 11.0 Å². The summed E-state index contributed by atoms with van der Waals surface area (Å²) in [4.78, 5) is 18.6. The van der Waals surface area contributed by atoms with Crippen molar-refractivity contribution in [1.82, 2.24) is 23.9 Å². The molecule has 26 heavy (non-hydrogen) atoms. The minimum absolute atomic E-state index is 0.0520. The Bertz CT molecular complexity index is 865. The lowest BCUT2D eigenvalue weighted by Crippen LogP contribution is -2.39. The van der Waals surface area contributed by atoms with Crippen molar-refractivity contribution >= 4 is 28.8 Å². The fraction of sp³-hybridized carbons (Fsp3) is 0.368. The number of hydrogen-bond acceptors (Lipinski definition) is 5. The van der Waals surface area contributed by atoms with E-state index in [1.807, 2.05) is 36.5 Å². The molecule has 0 saturated heterocycles. The van der Waals surface area contributed by atoms with Crippen LogP contribution in [0.4, 0.5) is 4.79 Å². The molecule has 0 radical (unpaired) electrons. The zero-order valence-corrected chi connectivity index (χ0v) is 16.0. The monoisotopic (exact) mass is 369 g/mol. The Morgan fingerprint density at radius 3 is 2.77 bits per heavy atom. The normalized spacial score (nSPS) is 12.3. The van der Waals surface area contributed by atoms with Crippen LogP contribution >= 0.6 is 11.7 Å². The Hall–Kier alpha value is -2.54. The number of pyridine rings is 1. The maximum Gasteiger partial charge on any atom is 0.317 e. The van der Waals surface area contributed by atoms with Crippen molar-refractivity contribution in [3.8, 4) is 0 Å². The van der Waals surface area contributed by atoms with Crippen molar-refractivity contribution in [3.05, 3.63) is 53.9 Å². The topological polar surface area (TPSA) is 71.0 Å². The summed E-state index contributed by atoms with van der Waals surface area (Å²) in [5, 5.41) is 3.14. The number of nitrogens with one attached hydrogen (secondary N) is 1. The molecule has 0 aliphatic carbocycles. The van der Waals surface area contributed by atoms with Gasteiger partial charge in [0.05, 0.1) is 17.8 Å². The molecule has 1 atom stereocenters. The van der Waals surface area contributed by atoms with Gasteiger partial charge < -0.3 is 10.2 Å². The molecule has 3 rings (SSSR count). The maximum absolute atomic E-state index is 12.7. The molecule has 0 fully saturated rings. The van der Waals surface area contributed by atoms with Crippen LogP contribution in [0.3, 0.4) is 0 Å². The highest BCUT2D eigenvalue weighted by Crippen LogP contribution is 2.21. The van der Waals surface area contributed by atoms with E-state index in [1.54, 1.807) is 18.1 Å². The van der Waals surface area contributed by atoms with Crippen LogP contribution in [0.1, 0.15) is 37.4 Å². The Morgan fingerprint density at radius 2 is 2.04 bits per heavy atom. The first-order valence-electron chi connectivity index (χ1n) is 8.65. The van der Waals surface area contributed by atoms with Gasteiger partial charge in [0.2, 0.25) is 0 Å². The summed E-state index contributed by atoms with van der Waals surface area (Å²) in [7, 11) is 1.80. The van der Waals surface area contributed by atoms with Crippen LogP contribution in [0.25, 0.3) is 11.0 Å². The molecule has 1 aromatic carbocycles. The molecule has 0 saturated carbocycles. The van der Waals surface area contributed by atoms with E-state index < -0.39 is 0 Å². The first kappa shape index (κ1) is 18.3. The van der Waals surface area contributed by atoms with Gasteiger partial charge in [0, 0.05) is 26.0 Å². The molecule has 0 aliphatic rings. The van der Waals surface area contributed by atoms with E-state index >= 15 is 0 Å². The van der Waals surface area contributed by atoms with Gasteiger partial charge in [0.15, 0.2) is 0 Å². The molecule has 2 heterocycles. The van der Waals surface area contributed by atoms with Crippen LogP contribution in [-0.4, -0.2) is 31.7 Å². The summed E-state index contributed by atoms with van der Waals surface area (Å²) >= 11 is 1.20. The van der Waals surface area contributed by atoms with Crippen molar-refractivity contribution < 1.29 is 4.79 Å². The summed E-state index contributed by atoms with van der Waals surface area (Å²) in [6, 6.07) is 9.66. The lowest BCUT2D eigenvalue weighted by atomic mass is 9.98. The third kappa shape index (κ3) is 4.54. The van der Waals surface area contributed by atoms with E-state index in [9.17, 15) is 4.79 Å². The van der Waals surface area contributed by atoms with Crippen LogP contribution in [-0.2, 0) is 6.54 Å². The van der Waals surface area contributed by atoms with E-state index in [1.165, 1.54) is 11.7 Å². The smallest absolute Gasteiger partial charge is 0.317 e. The van der Waals surface area contributed by atoms with Crippen molar-refractivity contribution in [2.24, 2.45) is 5.92 Å². The minimum atomic E-state index is -0.101. The largest absolute Gasteiger partial charge is 0.331 e. The minimum Gasteiger partial charge on any atom is -0.331 e. The van der Waals surface area contributed by atoms with Crippen molar-refractivity contribution in [2.45, 2.75) is 32.9 Å². The summed E-state index contributed by atoms with van der Waals surface area (Å²) in [6.07, 6.45) is 4.42. The number of hydrogen-bond donors (Lipinski definition) is 1. The molecular formula is C19H23N5OS. The van der Waals surface area contributed by atoms with Crippen LogP contribution in [0.5, 0.6) is 0 Å². The molecule has 0 spiro atoms. The lowest BCUT2D eigenvalue weighted by Gasteiger charge is -2.25. The zero-order valence-electron chi connectivity index (χ0n) is 15.2. The SMILES string of the molecule is CC(C)C[C@H](NC(=O)N(C)Cc1ccc2nsnc2c1)c1cccnc1. The van der Waals surface area contributed by atoms with E-state index in [0.717, 1.165) is 28.6 Å². The molecular weight excluding hydrogens is 346 g/mol. The molecule has 0 unspecified atom stereocenters. The van der Waals surface area contributed by atoms with E-state index in [0.29, 0.717) is 12.5 Å². The highest BCUT2D eigenvalue weighted by molar-refractivity contribution is 7.00. The summed E-state index contributed by atoms with van der Waals surface area (Å²) in [5.41, 5.74) is 3.82. The van der Waals surface area contributed by atoms with Gasteiger partial charge in [-0.05, 0) is 41.7 Å². The van der Waals surface area contributed by atoms with E-state index in [4.69, 9.17) is 0 Å².